The molecule has 1 unspecified atom stereocenters. The number of benzene rings is 2. The number of hydrogen-bond acceptors (Lipinski definition) is 1. The summed E-state index contributed by atoms with van der Waals surface area (Å²) in [6, 6.07) is 10.9. The number of anilines is 1. The van der Waals surface area contributed by atoms with E-state index in [0.29, 0.717) is 5.69 Å². The second-order valence-corrected chi connectivity index (χ2v) is 9.90. The Labute approximate surface area is 199 Å². The van der Waals surface area contributed by atoms with E-state index in [0.717, 1.165) is 6.42 Å². The van der Waals surface area contributed by atoms with E-state index < -0.39 is 0 Å². The lowest BCUT2D eigenvalue weighted by molar-refractivity contribution is -0.401. The molecule has 3 nitrogen and oxygen atoms in total. The van der Waals surface area contributed by atoms with Gasteiger partial charge in [0.25, 0.3) is 0 Å². The van der Waals surface area contributed by atoms with Crippen LogP contribution < -0.4 is 4.90 Å². The van der Waals surface area contributed by atoms with Gasteiger partial charge in [0.1, 0.15) is 7.05 Å². The first-order chi connectivity index (χ1) is 15.5. The molecule has 0 saturated carbocycles. The summed E-state index contributed by atoms with van der Waals surface area (Å²) in [6.45, 7) is 12.2. The third-order valence-electron chi connectivity index (χ3n) is 7.40. The van der Waals surface area contributed by atoms with Gasteiger partial charge in [0, 0.05) is 30.4 Å². The van der Waals surface area contributed by atoms with Crippen molar-refractivity contribution < 1.29 is 4.58 Å². The highest BCUT2D eigenvalue weighted by Gasteiger charge is 2.45. The maximum atomic E-state index is 7.47. The number of fused-ring (bicyclic) bond motifs is 1. The second kappa shape index (κ2) is 8.37. The number of aryl methyl sites for hydroxylation is 2. The van der Waals surface area contributed by atoms with E-state index in [9.17, 15) is 0 Å². The normalized spacial score (nSPS) is 21.9. The van der Waals surface area contributed by atoms with Crippen LogP contribution in [0.15, 0.2) is 47.5 Å². The fourth-order valence-electron chi connectivity index (χ4n) is 5.86. The minimum atomic E-state index is -0.176. The fraction of sp³-hybridized carbons (Fsp3) is 0.357. The highest BCUT2D eigenvalue weighted by molar-refractivity contribution is 9.11. The zero-order chi connectivity index (χ0) is 22.3. The third-order valence-corrected chi connectivity index (χ3v) is 7.77. The van der Waals surface area contributed by atoms with Crippen LogP contribution in [0.3, 0.4) is 0 Å². The van der Waals surface area contributed by atoms with Gasteiger partial charge in [-0.15, -0.1) is 0 Å². The van der Waals surface area contributed by atoms with Gasteiger partial charge in [-0.05, 0) is 97.1 Å². The predicted molar refractivity (Wildman–Crippen MR) is 138 cm³/mol. The molecule has 3 heterocycles. The number of allylic oxidation sites excluding steroid dienone is 2. The minimum Gasteiger partial charge on any atom is -0.371 e. The fourth-order valence-corrected chi connectivity index (χ4v) is 6.05. The Hall–Kier alpha value is -2.64. The summed E-state index contributed by atoms with van der Waals surface area (Å²) in [5, 5.41) is 0. The molecule has 0 amide bonds. The molecule has 0 radical (unpaired) electrons. The SMILES string of the molecule is [C-]#[N+]c1ccc2c(c1)C(C)(C/C=C/Br)C(/C=C/c1cc3c4c(c1)CCCN4CCC3)=[N+]2C. The predicted octanol–water partition coefficient (Wildman–Crippen LogP) is 6.93. The molecular weight excluding hydrogens is 458 g/mol. The number of rotatable bonds is 4. The lowest BCUT2D eigenvalue weighted by atomic mass is 9.76. The molecule has 0 N–H and O–H groups in total. The summed E-state index contributed by atoms with van der Waals surface area (Å²) in [5.74, 6) is 0. The highest BCUT2D eigenvalue weighted by Crippen LogP contribution is 2.44. The van der Waals surface area contributed by atoms with Crippen LogP contribution in [0.5, 0.6) is 0 Å². The van der Waals surface area contributed by atoms with Gasteiger partial charge in [-0.3, -0.25) is 0 Å². The molecule has 0 saturated heterocycles. The van der Waals surface area contributed by atoms with Crippen molar-refractivity contribution in [3.63, 3.8) is 0 Å². The molecule has 32 heavy (non-hydrogen) atoms. The van der Waals surface area contributed by atoms with Gasteiger partial charge >= 0.3 is 0 Å². The molecule has 2 aromatic rings. The van der Waals surface area contributed by atoms with Gasteiger partial charge in [0.15, 0.2) is 11.4 Å². The monoisotopic (exact) mass is 486 g/mol. The lowest BCUT2D eigenvalue weighted by Gasteiger charge is -2.37. The Morgan fingerprint density at radius 2 is 1.84 bits per heavy atom. The molecule has 0 bridgehead atoms. The molecule has 0 fully saturated rings. The van der Waals surface area contributed by atoms with Crippen molar-refractivity contribution in [1.29, 1.82) is 0 Å². The van der Waals surface area contributed by atoms with Crippen LogP contribution >= 0.6 is 15.9 Å². The van der Waals surface area contributed by atoms with Crippen molar-refractivity contribution in [3.8, 4) is 0 Å². The lowest BCUT2D eigenvalue weighted by Crippen LogP contribution is -2.34. The van der Waals surface area contributed by atoms with Crippen LogP contribution in [-0.2, 0) is 18.3 Å². The quantitative estimate of drug-likeness (QED) is 0.336. The Kier molecular flexibility index (Phi) is 5.55. The van der Waals surface area contributed by atoms with Crippen LogP contribution in [-0.4, -0.2) is 30.4 Å². The van der Waals surface area contributed by atoms with Crippen LogP contribution in [0.1, 0.15) is 48.4 Å². The largest absolute Gasteiger partial charge is 0.371 e. The Morgan fingerprint density at radius 1 is 1.12 bits per heavy atom. The van der Waals surface area contributed by atoms with Gasteiger partial charge in [-0.25, -0.2) is 4.85 Å². The molecule has 2 aromatic carbocycles. The third kappa shape index (κ3) is 3.44. The summed E-state index contributed by atoms with van der Waals surface area (Å²) in [5.41, 5.74) is 10.1. The number of nitrogens with zero attached hydrogens (tertiary/aromatic N) is 3. The van der Waals surface area contributed by atoms with Crippen LogP contribution in [0.25, 0.3) is 10.9 Å². The molecular formula is C28H29BrN3+. The first kappa shape index (κ1) is 21.2. The molecule has 0 aliphatic carbocycles. The van der Waals surface area contributed by atoms with Crippen molar-refractivity contribution in [2.24, 2.45) is 0 Å². The van der Waals surface area contributed by atoms with E-state index in [-0.39, 0.29) is 5.41 Å². The Bertz CT molecular complexity index is 1180. The minimum absolute atomic E-state index is 0.176. The Morgan fingerprint density at radius 3 is 2.50 bits per heavy atom. The van der Waals surface area contributed by atoms with Gasteiger partial charge in [0.05, 0.1) is 12.0 Å². The van der Waals surface area contributed by atoms with Crippen molar-refractivity contribution >= 4 is 44.8 Å². The van der Waals surface area contributed by atoms with Crippen molar-refractivity contribution in [1.82, 2.24) is 0 Å². The van der Waals surface area contributed by atoms with Crippen LogP contribution in [0.2, 0.25) is 0 Å². The summed E-state index contributed by atoms with van der Waals surface area (Å²) >= 11 is 3.45. The van der Waals surface area contributed by atoms with Gasteiger partial charge < -0.3 is 4.90 Å². The average molecular weight is 487 g/mol. The molecule has 3 aliphatic rings. The molecule has 5 rings (SSSR count). The van der Waals surface area contributed by atoms with E-state index in [1.807, 2.05) is 11.1 Å². The molecule has 1 atom stereocenters. The summed E-state index contributed by atoms with van der Waals surface area (Å²) < 4.78 is 2.30. The van der Waals surface area contributed by atoms with Gasteiger partial charge in [-0.2, -0.15) is 4.58 Å². The van der Waals surface area contributed by atoms with E-state index in [1.165, 1.54) is 78.1 Å². The zero-order valence-electron chi connectivity index (χ0n) is 18.9. The molecule has 0 spiro atoms. The van der Waals surface area contributed by atoms with Crippen molar-refractivity contribution in [2.75, 3.05) is 25.0 Å². The topological polar surface area (TPSA) is 10.6 Å². The van der Waals surface area contributed by atoms with Crippen molar-refractivity contribution in [2.45, 2.75) is 44.4 Å². The first-order valence-electron chi connectivity index (χ1n) is 11.5. The van der Waals surface area contributed by atoms with E-state index in [2.05, 4.69) is 86.7 Å². The van der Waals surface area contributed by atoms with E-state index in [1.54, 1.807) is 0 Å². The summed E-state index contributed by atoms with van der Waals surface area (Å²) in [4.78, 5) is 8.22. The molecule has 3 aliphatic heterocycles. The van der Waals surface area contributed by atoms with Gasteiger partial charge in [-0.1, -0.05) is 22.0 Å². The average Bonchev–Trinajstić information content (AvgIpc) is 3.02. The first-order valence-corrected chi connectivity index (χ1v) is 12.4. The standard InChI is InChI=1S/C28H29BrN3/c1-28(13-6-14-29)24-19-23(30-2)10-11-25(24)31(3)26(28)12-9-20-17-21-7-4-15-32-16-5-8-22(18-20)27(21)32/h6,9-12,14,17-19H,4-5,7-8,13,15-16H2,1,3H3/q+1/b14-6+. The molecule has 162 valence electrons. The molecule has 0 aromatic heterocycles. The van der Waals surface area contributed by atoms with Crippen molar-refractivity contribution in [3.05, 3.63) is 81.1 Å². The molecule has 4 heteroatoms. The number of halogens is 1. The summed E-state index contributed by atoms with van der Waals surface area (Å²) in [6.07, 6.45) is 12.5. The smallest absolute Gasteiger partial charge is 0.207 e. The maximum absolute atomic E-state index is 7.47. The Balaban J connectivity index is 1.56. The van der Waals surface area contributed by atoms with E-state index in [4.69, 9.17) is 6.57 Å². The van der Waals surface area contributed by atoms with E-state index >= 15 is 0 Å². The van der Waals surface area contributed by atoms with Crippen LogP contribution in [0.4, 0.5) is 17.1 Å². The van der Waals surface area contributed by atoms with Gasteiger partial charge in [0.2, 0.25) is 5.69 Å². The summed E-state index contributed by atoms with van der Waals surface area (Å²) in [7, 11) is 2.15. The van der Waals surface area contributed by atoms with Crippen LogP contribution in [0, 0.1) is 6.57 Å². The zero-order valence-corrected chi connectivity index (χ0v) is 20.5. The highest BCUT2D eigenvalue weighted by atomic mass is 79.9. The second-order valence-electron chi connectivity index (χ2n) is 9.37. The maximum Gasteiger partial charge on any atom is 0.207 e. The number of hydrogen-bond donors (Lipinski definition) is 0.